The molecule has 1 aromatic rings. The van der Waals surface area contributed by atoms with Crippen LogP contribution >= 0.6 is 11.3 Å². The summed E-state index contributed by atoms with van der Waals surface area (Å²) in [6, 6.07) is 4.18. The number of nitrogens with one attached hydrogen (secondary N) is 2. The molecule has 2 heterocycles. The third-order valence-corrected chi connectivity index (χ3v) is 4.37. The van der Waals surface area contributed by atoms with E-state index in [0.29, 0.717) is 5.92 Å². The molecule has 0 saturated carbocycles. The fourth-order valence-electron chi connectivity index (χ4n) is 2.23. The monoisotopic (exact) mass is 252 g/mol. The molecule has 1 fully saturated rings. The van der Waals surface area contributed by atoms with Crippen molar-refractivity contribution in [1.82, 2.24) is 10.6 Å². The first kappa shape index (κ1) is 12.6. The van der Waals surface area contributed by atoms with Crippen molar-refractivity contribution in [1.29, 1.82) is 0 Å². The van der Waals surface area contributed by atoms with Gasteiger partial charge in [0.15, 0.2) is 0 Å². The number of rotatable bonds is 3. The fraction of sp³-hybridized carbons (Fsp3) is 0.615. The van der Waals surface area contributed by atoms with E-state index in [0.717, 1.165) is 13.0 Å². The van der Waals surface area contributed by atoms with E-state index in [-0.39, 0.29) is 18.0 Å². The third-order valence-electron chi connectivity index (χ3n) is 3.31. The number of thiophene rings is 1. The van der Waals surface area contributed by atoms with Crippen LogP contribution < -0.4 is 10.6 Å². The summed E-state index contributed by atoms with van der Waals surface area (Å²) in [5.41, 5.74) is 0. The molecule has 4 heteroatoms. The summed E-state index contributed by atoms with van der Waals surface area (Å²) in [6.45, 7) is 5.20. The molecule has 94 valence electrons. The van der Waals surface area contributed by atoms with E-state index in [1.165, 1.54) is 11.3 Å². The van der Waals surface area contributed by atoms with Crippen LogP contribution in [0.5, 0.6) is 0 Å². The molecule has 1 amide bonds. The molecule has 3 atom stereocenters. The molecular formula is C13H20N2OS. The Hall–Kier alpha value is -0.870. The molecule has 0 aromatic carbocycles. The number of piperidine rings is 1. The molecule has 2 unspecified atom stereocenters. The van der Waals surface area contributed by atoms with Crippen molar-refractivity contribution in [3.63, 3.8) is 0 Å². The van der Waals surface area contributed by atoms with Crippen LogP contribution in [0.2, 0.25) is 0 Å². The van der Waals surface area contributed by atoms with Crippen LogP contribution in [0.1, 0.15) is 37.6 Å². The normalized spacial score (nSPS) is 26.5. The number of carbonyl (C=O) groups is 1. The number of amides is 1. The Morgan fingerprint density at radius 1 is 1.65 bits per heavy atom. The van der Waals surface area contributed by atoms with E-state index >= 15 is 0 Å². The summed E-state index contributed by atoms with van der Waals surface area (Å²) in [5, 5.41) is 8.41. The second-order valence-electron chi connectivity index (χ2n) is 4.88. The summed E-state index contributed by atoms with van der Waals surface area (Å²) in [7, 11) is 0. The van der Waals surface area contributed by atoms with Crippen LogP contribution in [-0.4, -0.2) is 18.5 Å². The van der Waals surface area contributed by atoms with Gasteiger partial charge in [0.25, 0.3) is 0 Å². The molecule has 1 aliphatic heterocycles. The van der Waals surface area contributed by atoms with Crippen LogP contribution in [0.3, 0.4) is 0 Å². The highest BCUT2D eigenvalue weighted by molar-refractivity contribution is 7.10. The predicted molar refractivity (Wildman–Crippen MR) is 71.1 cm³/mol. The summed E-state index contributed by atoms with van der Waals surface area (Å²) >= 11 is 1.69. The van der Waals surface area contributed by atoms with Gasteiger partial charge in [-0.2, -0.15) is 0 Å². The van der Waals surface area contributed by atoms with E-state index in [1.807, 2.05) is 18.4 Å². The van der Waals surface area contributed by atoms with Crippen molar-refractivity contribution in [3.8, 4) is 0 Å². The maximum absolute atomic E-state index is 12.1. The van der Waals surface area contributed by atoms with Crippen molar-refractivity contribution < 1.29 is 4.79 Å². The van der Waals surface area contributed by atoms with Gasteiger partial charge in [0, 0.05) is 4.88 Å². The van der Waals surface area contributed by atoms with Gasteiger partial charge in [-0.15, -0.1) is 11.3 Å². The quantitative estimate of drug-likeness (QED) is 0.867. The lowest BCUT2D eigenvalue weighted by atomic mass is 9.94. The molecule has 0 radical (unpaired) electrons. The number of hydrogen-bond acceptors (Lipinski definition) is 3. The van der Waals surface area contributed by atoms with E-state index in [1.54, 1.807) is 11.3 Å². The van der Waals surface area contributed by atoms with Crippen molar-refractivity contribution in [2.24, 2.45) is 5.92 Å². The molecule has 1 aromatic heterocycles. The first-order valence-corrected chi connectivity index (χ1v) is 7.12. The standard InChI is InChI=1S/C13H20N2OS/c1-9-5-6-14-11(8-9)13(16)15-10(2)12-4-3-7-17-12/h3-4,7,9-11,14H,5-6,8H2,1-2H3,(H,15,16)/t9?,10-,11?/m1/s1. The summed E-state index contributed by atoms with van der Waals surface area (Å²) in [5.74, 6) is 0.779. The van der Waals surface area contributed by atoms with Gasteiger partial charge >= 0.3 is 0 Å². The van der Waals surface area contributed by atoms with E-state index in [2.05, 4.69) is 23.6 Å². The second-order valence-corrected chi connectivity index (χ2v) is 5.86. The molecule has 0 bridgehead atoms. The summed E-state index contributed by atoms with van der Waals surface area (Å²) in [6.07, 6.45) is 2.12. The molecule has 0 spiro atoms. The zero-order valence-electron chi connectivity index (χ0n) is 10.4. The van der Waals surface area contributed by atoms with Gasteiger partial charge in [-0.25, -0.2) is 0 Å². The van der Waals surface area contributed by atoms with Gasteiger partial charge in [0.2, 0.25) is 5.91 Å². The zero-order chi connectivity index (χ0) is 12.3. The Morgan fingerprint density at radius 3 is 3.12 bits per heavy atom. The minimum atomic E-state index is -0.0128. The van der Waals surface area contributed by atoms with Crippen molar-refractivity contribution in [2.75, 3.05) is 6.54 Å². The van der Waals surface area contributed by atoms with Gasteiger partial charge in [-0.05, 0) is 43.7 Å². The SMILES string of the molecule is CC1CCNC(C(=O)N[C@H](C)c2cccs2)C1. The minimum absolute atomic E-state index is 0.0128. The Kier molecular flexibility index (Phi) is 4.18. The smallest absolute Gasteiger partial charge is 0.237 e. The minimum Gasteiger partial charge on any atom is -0.347 e. The molecule has 1 aliphatic rings. The molecule has 1 saturated heterocycles. The Bertz CT molecular complexity index is 364. The molecule has 0 aliphatic carbocycles. The van der Waals surface area contributed by atoms with Crippen LogP contribution in [0.15, 0.2) is 17.5 Å². The van der Waals surface area contributed by atoms with Gasteiger partial charge in [-0.1, -0.05) is 13.0 Å². The lowest BCUT2D eigenvalue weighted by Crippen LogP contribution is -2.48. The second kappa shape index (κ2) is 5.65. The van der Waals surface area contributed by atoms with Crippen LogP contribution in [-0.2, 0) is 4.79 Å². The maximum Gasteiger partial charge on any atom is 0.237 e. The predicted octanol–water partition coefficient (Wildman–Crippen LogP) is 2.31. The Morgan fingerprint density at radius 2 is 2.47 bits per heavy atom. The molecule has 2 rings (SSSR count). The first-order valence-electron chi connectivity index (χ1n) is 6.24. The summed E-state index contributed by atoms with van der Waals surface area (Å²) < 4.78 is 0. The van der Waals surface area contributed by atoms with Crippen molar-refractivity contribution in [3.05, 3.63) is 22.4 Å². The van der Waals surface area contributed by atoms with E-state index in [4.69, 9.17) is 0 Å². The fourth-order valence-corrected chi connectivity index (χ4v) is 2.96. The topological polar surface area (TPSA) is 41.1 Å². The van der Waals surface area contributed by atoms with E-state index < -0.39 is 0 Å². The molecule has 3 nitrogen and oxygen atoms in total. The summed E-state index contributed by atoms with van der Waals surface area (Å²) in [4.78, 5) is 13.3. The van der Waals surface area contributed by atoms with Crippen molar-refractivity contribution >= 4 is 17.2 Å². The lowest BCUT2D eigenvalue weighted by Gasteiger charge is -2.28. The molecule has 17 heavy (non-hydrogen) atoms. The maximum atomic E-state index is 12.1. The number of hydrogen-bond donors (Lipinski definition) is 2. The van der Waals surface area contributed by atoms with Gasteiger partial charge in [0.1, 0.15) is 0 Å². The zero-order valence-corrected chi connectivity index (χ0v) is 11.2. The third kappa shape index (κ3) is 3.30. The van der Waals surface area contributed by atoms with Gasteiger partial charge in [-0.3, -0.25) is 4.79 Å². The van der Waals surface area contributed by atoms with E-state index in [9.17, 15) is 4.79 Å². The Balaban J connectivity index is 1.88. The average Bonchev–Trinajstić information content (AvgIpc) is 2.82. The highest BCUT2D eigenvalue weighted by Gasteiger charge is 2.25. The Labute approximate surface area is 107 Å². The highest BCUT2D eigenvalue weighted by atomic mass is 32.1. The lowest BCUT2D eigenvalue weighted by molar-refractivity contribution is -0.124. The van der Waals surface area contributed by atoms with Crippen LogP contribution in [0.4, 0.5) is 0 Å². The average molecular weight is 252 g/mol. The molecule has 2 N–H and O–H groups in total. The highest BCUT2D eigenvalue weighted by Crippen LogP contribution is 2.20. The van der Waals surface area contributed by atoms with Crippen LogP contribution in [0.25, 0.3) is 0 Å². The molecular weight excluding hydrogens is 232 g/mol. The van der Waals surface area contributed by atoms with Gasteiger partial charge in [0.05, 0.1) is 12.1 Å². The first-order chi connectivity index (χ1) is 8.16. The number of carbonyl (C=O) groups excluding carboxylic acids is 1. The largest absolute Gasteiger partial charge is 0.347 e. The van der Waals surface area contributed by atoms with Gasteiger partial charge < -0.3 is 10.6 Å². The van der Waals surface area contributed by atoms with Crippen molar-refractivity contribution in [2.45, 2.75) is 38.8 Å². The van der Waals surface area contributed by atoms with Crippen LogP contribution in [0, 0.1) is 5.92 Å².